The molecule has 1 aromatic carbocycles. The maximum absolute atomic E-state index is 11.9. The molecular formula is C20H19N3O4S. The summed E-state index contributed by atoms with van der Waals surface area (Å²) in [7, 11) is 0. The minimum Gasteiger partial charge on any atom is -0.508 e. The fraction of sp³-hybridized carbons (Fsp3) is 0.250. The lowest BCUT2D eigenvalue weighted by Crippen LogP contribution is -2.08. The number of aromatic nitrogens is 3. The standard InChI is InChI=1S/C20H19N3O4S/c1-12(2)10-23-19(16-4-3-7-26-16)21-22-20(23)28-11-13-8-18(25)27-17-9-14(24)5-6-15(13)17/h3-9,12,24H,10-11H2,1-2H3. The van der Waals surface area contributed by atoms with Gasteiger partial charge in [-0.15, -0.1) is 10.2 Å². The lowest BCUT2D eigenvalue weighted by Gasteiger charge is -2.11. The minimum absolute atomic E-state index is 0.0558. The number of fused-ring (bicyclic) bond motifs is 1. The van der Waals surface area contributed by atoms with E-state index >= 15 is 0 Å². The number of rotatable bonds is 6. The van der Waals surface area contributed by atoms with Crippen LogP contribution in [-0.2, 0) is 12.3 Å². The van der Waals surface area contributed by atoms with E-state index in [-0.39, 0.29) is 5.75 Å². The lowest BCUT2D eigenvalue weighted by molar-refractivity contribution is 0.473. The van der Waals surface area contributed by atoms with Crippen LogP contribution in [0.15, 0.2) is 61.4 Å². The first-order valence-corrected chi connectivity index (χ1v) is 9.85. The third-order valence-electron chi connectivity index (χ3n) is 4.18. The molecule has 0 saturated carbocycles. The lowest BCUT2D eigenvalue weighted by atomic mass is 10.1. The van der Waals surface area contributed by atoms with Gasteiger partial charge in [0.05, 0.1) is 6.26 Å². The SMILES string of the molecule is CC(C)Cn1c(SCc2cc(=O)oc3cc(O)ccc23)nnc1-c1ccco1. The van der Waals surface area contributed by atoms with Crippen LogP contribution in [0.2, 0.25) is 0 Å². The molecule has 0 atom stereocenters. The Bertz CT molecular complexity index is 1160. The molecule has 1 N–H and O–H groups in total. The largest absolute Gasteiger partial charge is 0.508 e. The number of nitrogens with zero attached hydrogens (tertiary/aromatic N) is 3. The normalized spacial score (nSPS) is 11.5. The van der Waals surface area contributed by atoms with Gasteiger partial charge in [-0.1, -0.05) is 25.6 Å². The topological polar surface area (TPSA) is 94.3 Å². The maximum atomic E-state index is 11.9. The van der Waals surface area contributed by atoms with Gasteiger partial charge in [0.2, 0.25) is 0 Å². The number of furan rings is 1. The molecule has 4 rings (SSSR count). The van der Waals surface area contributed by atoms with Crippen molar-refractivity contribution in [1.82, 2.24) is 14.8 Å². The first kappa shape index (κ1) is 18.4. The number of hydrogen-bond donors (Lipinski definition) is 1. The highest BCUT2D eigenvalue weighted by atomic mass is 32.2. The van der Waals surface area contributed by atoms with E-state index in [4.69, 9.17) is 8.83 Å². The fourth-order valence-electron chi connectivity index (χ4n) is 2.99. The summed E-state index contributed by atoms with van der Waals surface area (Å²) in [4.78, 5) is 11.9. The van der Waals surface area contributed by atoms with Gasteiger partial charge in [0.1, 0.15) is 11.3 Å². The van der Waals surface area contributed by atoms with Crippen LogP contribution in [0.3, 0.4) is 0 Å². The summed E-state index contributed by atoms with van der Waals surface area (Å²) in [6.45, 7) is 5.00. The molecule has 0 radical (unpaired) electrons. The van der Waals surface area contributed by atoms with Gasteiger partial charge in [0.15, 0.2) is 16.7 Å². The van der Waals surface area contributed by atoms with Crippen molar-refractivity contribution in [3.8, 4) is 17.3 Å². The molecule has 8 heteroatoms. The molecule has 7 nitrogen and oxygen atoms in total. The molecule has 0 fully saturated rings. The van der Waals surface area contributed by atoms with Crippen LogP contribution in [0.1, 0.15) is 19.4 Å². The van der Waals surface area contributed by atoms with Gasteiger partial charge in [-0.05, 0) is 35.7 Å². The quantitative estimate of drug-likeness (QED) is 0.383. The van der Waals surface area contributed by atoms with Crippen LogP contribution in [0, 0.1) is 5.92 Å². The first-order valence-electron chi connectivity index (χ1n) is 8.87. The molecule has 0 saturated heterocycles. The third-order valence-corrected chi connectivity index (χ3v) is 5.19. The Morgan fingerprint density at radius 3 is 2.82 bits per heavy atom. The molecule has 0 amide bonds. The van der Waals surface area contributed by atoms with Gasteiger partial charge in [-0.25, -0.2) is 4.79 Å². The van der Waals surface area contributed by atoms with E-state index in [1.807, 2.05) is 16.7 Å². The van der Waals surface area contributed by atoms with Gasteiger partial charge in [0, 0.05) is 29.8 Å². The van der Waals surface area contributed by atoms with Gasteiger partial charge >= 0.3 is 5.63 Å². The number of benzene rings is 1. The summed E-state index contributed by atoms with van der Waals surface area (Å²) in [6, 6.07) is 9.92. The van der Waals surface area contributed by atoms with E-state index in [1.165, 1.54) is 23.9 Å². The highest BCUT2D eigenvalue weighted by Crippen LogP contribution is 2.30. The Kier molecular flexibility index (Phi) is 4.95. The summed E-state index contributed by atoms with van der Waals surface area (Å²) < 4.78 is 12.7. The van der Waals surface area contributed by atoms with Crippen molar-refractivity contribution >= 4 is 22.7 Å². The average Bonchev–Trinajstić information content (AvgIpc) is 3.28. The second kappa shape index (κ2) is 7.55. The van der Waals surface area contributed by atoms with Crippen LogP contribution >= 0.6 is 11.8 Å². The molecule has 0 bridgehead atoms. The molecule has 3 aromatic heterocycles. The highest BCUT2D eigenvalue weighted by Gasteiger charge is 2.18. The number of hydrogen-bond acceptors (Lipinski definition) is 7. The number of phenols is 1. The summed E-state index contributed by atoms with van der Waals surface area (Å²) in [5.41, 5.74) is 0.728. The number of aromatic hydroxyl groups is 1. The second-order valence-corrected chi connectivity index (χ2v) is 7.79. The molecule has 144 valence electrons. The zero-order chi connectivity index (χ0) is 19.7. The Morgan fingerprint density at radius 2 is 2.07 bits per heavy atom. The molecule has 4 aromatic rings. The summed E-state index contributed by atoms with van der Waals surface area (Å²) in [6.07, 6.45) is 1.61. The minimum atomic E-state index is -0.450. The van der Waals surface area contributed by atoms with Crippen LogP contribution in [-0.4, -0.2) is 19.9 Å². The third kappa shape index (κ3) is 3.68. The molecule has 0 aliphatic heterocycles. The van der Waals surface area contributed by atoms with Crippen molar-refractivity contribution < 1.29 is 13.9 Å². The molecular weight excluding hydrogens is 378 g/mol. The van der Waals surface area contributed by atoms with E-state index in [1.54, 1.807) is 18.4 Å². The van der Waals surface area contributed by atoms with Gasteiger partial charge < -0.3 is 13.9 Å². The average molecular weight is 397 g/mol. The Balaban J connectivity index is 1.67. The van der Waals surface area contributed by atoms with Crippen molar-refractivity contribution in [3.63, 3.8) is 0 Å². The number of thioether (sulfide) groups is 1. The predicted molar refractivity (Wildman–Crippen MR) is 106 cm³/mol. The van der Waals surface area contributed by atoms with Crippen LogP contribution < -0.4 is 5.63 Å². The van der Waals surface area contributed by atoms with Crippen molar-refractivity contribution in [3.05, 3.63) is 58.6 Å². The van der Waals surface area contributed by atoms with E-state index in [0.717, 1.165) is 22.7 Å². The van der Waals surface area contributed by atoms with E-state index in [2.05, 4.69) is 24.0 Å². The summed E-state index contributed by atoms with van der Waals surface area (Å²) in [5.74, 6) is 2.32. The van der Waals surface area contributed by atoms with Crippen LogP contribution in [0.25, 0.3) is 22.6 Å². The van der Waals surface area contributed by atoms with Crippen LogP contribution in [0.4, 0.5) is 0 Å². The summed E-state index contributed by atoms with van der Waals surface area (Å²) >= 11 is 1.49. The Morgan fingerprint density at radius 1 is 1.21 bits per heavy atom. The van der Waals surface area contributed by atoms with Crippen molar-refractivity contribution in [2.75, 3.05) is 0 Å². The van der Waals surface area contributed by atoms with E-state index < -0.39 is 5.63 Å². The van der Waals surface area contributed by atoms with Gasteiger partial charge in [0.25, 0.3) is 0 Å². The van der Waals surface area contributed by atoms with Crippen molar-refractivity contribution in [2.24, 2.45) is 5.92 Å². The molecule has 28 heavy (non-hydrogen) atoms. The smallest absolute Gasteiger partial charge is 0.336 e. The van der Waals surface area contributed by atoms with Gasteiger partial charge in [-0.2, -0.15) is 0 Å². The van der Waals surface area contributed by atoms with Crippen LogP contribution in [0.5, 0.6) is 5.75 Å². The molecule has 0 aliphatic carbocycles. The molecule has 0 spiro atoms. The second-order valence-electron chi connectivity index (χ2n) is 6.85. The van der Waals surface area contributed by atoms with Crippen molar-refractivity contribution in [2.45, 2.75) is 31.3 Å². The van der Waals surface area contributed by atoms with E-state index in [0.29, 0.717) is 28.8 Å². The predicted octanol–water partition coefficient (Wildman–Crippen LogP) is 4.30. The van der Waals surface area contributed by atoms with Crippen molar-refractivity contribution in [1.29, 1.82) is 0 Å². The van der Waals surface area contributed by atoms with E-state index in [9.17, 15) is 9.90 Å². The Hall–Kier alpha value is -3.00. The Labute approximate surface area is 165 Å². The first-order chi connectivity index (χ1) is 13.5. The highest BCUT2D eigenvalue weighted by molar-refractivity contribution is 7.98. The fourth-order valence-corrected chi connectivity index (χ4v) is 3.93. The molecule has 0 unspecified atom stereocenters. The molecule has 3 heterocycles. The zero-order valence-electron chi connectivity index (χ0n) is 15.5. The maximum Gasteiger partial charge on any atom is 0.336 e. The monoisotopic (exact) mass is 397 g/mol. The number of phenolic OH excluding ortho intramolecular Hbond substituents is 1. The molecule has 0 aliphatic rings. The zero-order valence-corrected chi connectivity index (χ0v) is 16.3. The van der Waals surface area contributed by atoms with Gasteiger partial charge in [-0.3, -0.25) is 4.57 Å². The summed E-state index contributed by atoms with van der Waals surface area (Å²) in [5, 5.41) is 19.8.